The Morgan fingerprint density at radius 1 is 1.40 bits per heavy atom. The van der Waals surface area contributed by atoms with E-state index in [9.17, 15) is 4.79 Å². The van der Waals surface area contributed by atoms with Crippen LogP contribution >= 0.6 is 0 Å². The van der Waals surface area contributed by atoms with Crippen molar-refractivity contribution in [2.45, 2.75) is 32.7 Å². The fraction of sp³-hybridized carbons (Fsp3) is 0.353. The highest BCUT2D eigenvalue weighted by Gasteiger charge is 2.21. The Hall–Kier alpha value is -2.03. The first-order chi connectivity index (χ1) is 9.70. The van der Waals surface area contributed by atoms with E-state index in [1.54, 1.807) is 0 Å². The van der Waals surface area contributed by atoms with E-state index in [0.29, 0.717) is 0 Å². The molecule has 104 valence electrons. The lowest BCUT2D eigenvalue weighted by atomic mass is 9.86. The molecule has 20 heavy (non-hydrogen) atoms. The lowest BCUT2D eigenvalue weighted by molar-refractivity contribution is -0.121. The number of amides is 1. The quantitative estimate of drug-likeness (QED) is 0.912. The summed E-state index contributed by atoms with van der Waals surface area (Å²) < 4.78 is 2.28. The standard InChI is InChI=1S/C17H20N2O/c1-2-19-11-15(14-5-3-4-6-16(14)19)12-7-9-13(10-8-12)17(18)20/h3-7,11,13H,2,8-10H2,1H3,(H2,18,20). The van der Waals surface area contributed by atoms with Crippen LogP contribution in [0.2, 0.25) is 0 Å². The number of nitrogens with zero attached hydrogens (tertiary/aromatic N) is 1. The third-order valence-electron chi connectivity index (χ3n) is 4.29. The topological polar surface area (TPSA) is 48.0 Å². The van der Waals surface area contributed by atoms with Crippen molar-refractivity contribution in [2.24, 2.45) is 11.7 Å². The monoisotopic (exact) mass is 268 g/mol. The lowest BCUT2D eigenvalue weighted by Crippen LogP contribution is -2.24. The molecule has 1 aliphatic rings. The fourth-order valence-corrected chi connectivity index (χ4v) is 3.10. The predicted octanol–water partition coefficient (Wildman–Crippen LogP) is 3.33. The second kappa shape index (κ2) is 5.16. The van der Waals surface area contributed by atoms with Crippen molar-refractivity contribution in [1.82, 2.24) is 4.57 Å². The van der Waals surface area contributed by atoms with Crippen LogP contribution in [0.3, 0.4) is 0 Å². The van der Waals surface area contributed by atoms with Gasteiger partial charge < -0.3 is 10.3 Å². The van der Waals surface area contributed by atoms with Crippen molar-refractivity contribution >= 4 is 22.4 Å². The molecule has 1 aromatic heterocycles. The smallest absolute Gasteiger partial charge is 0.220 e. The first kappa shape index (κ1) is 13.0. The van der Waals surface area contributed by atoms with Crippen molar-refractivity contribution in [2.75, 3.05) is 0 Å². The van der Waals surface area contributed by atoms with E-state index in [0.717, 1.165) is 25.8 Å². The molecule has 3 heteroatoms. The number of nitrogens with two attached hydrogens (primary N) is 1. The summed E-state index contributed by atoms with van der Waals surface area (Å²) in [5.74, 6) is -0.158. The van der Waals surface area contributed by atoms with E-state index in [2.05, 4.69) is 48.0 Å². The van der Waals surface area contributed by atoms with Gasteiger partial charge in [-0.05, 0) is 37.8 Å². The number of benzene rings is 1. The minimum atomic E-state index is -0.170. The maximum absolute atomic E-state index is 11.2. The van der Waals surface area contributed by atoms with Crippen LogP contribution in [0.4, 0.5) is 0 Å². The molecule has 1 unspecified atom stereocenters. The number of hydrogen-bond donors (Lipinski definition) is 1. The third kappa shape index (κ3) is 2.13. The van der Waals surface area contributed by atoms with Crippen LogP contribution in [0.15, 0.2) is 36.5 Å². The minimum absolute atomic E-state index is 0.0123. The average molecular weight is 268 g/mol. The molecule has 0 aliphatic heterocycles. The summed E-state index contributed by atoms with van der Waals surface area (Å²) in [6.07, 6.45) is 7.01. The maximum atomic E-state index is 11.2. The summed E-state index contributed by atoms with van der Waals surface area (Å²) in [6, 6.07) is 8.51. The van der Waals surface area contributed by atoms with Gasteiger partial charge in [-0.1, -0.05) is 24.3 Å². The number of carbonyl (C=O) groups is 1. The van der Waals surface area contributed by atoms with Crippen LogP contribution < -0.4 is 5.73 Å². The van der Waals surface area contributed by atoms with Crippen molar-refractivity contribution < 1.29 is 4.79 Å². The normalized spacial score (nSPS) is 19.1. The van der Waals surface area contributed by atoms with Crippen LogP contribution in [0.5, 0.6) is 0 Å². The first-order valence-electron chi connectivity index (χ1n) is 7.27. The van der Waals surface area contributed by atoms with Gasteiger partial charge in [-0.25, -0.2) is 0 Å². The Bertz CT molecular complexity index is 681. The van der Waals surface area contributed by atoms with E-state index in [4.69, 9.17) is 5.73 Å². The second-order valence-electron chi connectivity index (χ2n) is 5.45. The van der Waals surface area contributed by atoms with Gasteiger partial charge in [0, 0.05) is 35.1 Å². The fourth-order valence-electron chi connectivity index (χ4n) is 3.10. The number of primary amides is 1. The molecular formula is C17H20N2O. The molecule has 0 bridgehead atoms. The van der Waals surface area contributed by atoms with Gasteiger partial charge in [0.2, 0.25) is 5.91 Å². The van der Waals surface area contributed by atoms with Gasteiger partial charge in [0.15, 0.2) is 0 Å². The highest BCUT2D eigenvalue weighted by Crippen LogP contribution is 2.34. The Balaban J connectivity index is 2.01. The third-order valence-corrected chi connectivity index (χ3v) is 4.29. The molecule has 0 saturated heterocycles. The molecule has 0 fully saturated rings. The van der Waals surface area contributed by atoms with Crippen molar-refractivity contribution in [1.29, 1.82) is 0 Å². The van der Waals surface area contributed by atoms with E-state index >= 15 is 0 Å². The van der Waals surface area contributed by atoms with E-state index in [1.165, 1.54) is 22.0 Å². The van der Waals surface area contributed by atoms with Gasteiger partial charge >= 0.3 is 0 Å². The number of fused-ring (bicyclic) bond motifs is 1. The number of para-hydroxylation sites is 1. The summed E-state index contributed by atoms with van der Waals surface area (Å²) in [5.41, 5.74) is 9.34. The Kier molecular flexibility index (Phi) is 3.35. The number of rotatable bonds is 3. The van der Waals surface area contributed by atoms with Crippen LogP contribution in [-0.2, 0) is 11.3 Å². The SMILES string of the molecule is CCn1cc(C2=CCC(C(N)=O)CC2)c2ccccc21. The van der Waals surface area contributed by atoms with E-state index < -0.39 is 0 Å². The molecule has 1 heterocycles. The Morgan fingerprint density at radius 2 is 2.20 bits per heavy atom. The minimum Gasteiger partial charge on any atom is -0.369 e. The van der Waals surface area contributed by atoms with Crippen molar-refractivity contribution in [3.63, 3.8) is 0 Å². The molecule has 1 amide bonds. The lowest BCUT2D eigenvalue weighted by Gasteiger charge is -2.19. The average Bonchev–Trinajstić information content (AvgIpc) is 2.86. The second-order valence-corrected chi connectivity index (χ2v) is 5.45. The predicted molar refractivity (Wildman–Crippen MR) is 82.1 cm³/mol. The van der Waals surface area contributed by atoms with Gasteiger partial charge in [-0.2, -0.15) is 0 Å². The van der Waals surface area contributed by atoms with E-state index in [-0.39, 0.29) is 11.8 Å². The molecule has 1 atom stereocenters. The van der Waals surface area contributed by atoms with Gasteiger partial charge in [-0.3, -0.25) is 4.79 Å². The molecule has 2 N–H and O–H groups in total. The molecule has 0 spiro atoms. The van der Waals surface area contributed by atoms with Crippen LogP contribution in [0.25, 0.3) is 16.5 Å². The number of hydrogen-bond acceptors (Lipinski definition) is 1. The van der Waals surface area contributed by atoms with Gasteiger partial charge in [-0.15, -0.1) is 0 Å². The number of allylic oxidation sites excluding steroid dienone is 2. The van der Waals surface area contributed by atoms with Crippen LogP contribution in [0.1, 0.15) is 31.7 Å². The molecule has 1 aromatic carbocycles. The van der Waals surface area contributed by atoms with E-state index in [1.807, 2.05) is 0 Å². The Morgan fingerprint density at radius 3 is 2.85 bits per heavy atom. The number of aromatic nitrogens is 1. The van der Waals surface area contributed by atoms with Crippen molar-refractivity contribution in [3.05, 3.63) is 42.1 Å². The highest BCUT2D eigenvalue weighted by molar-refractivity contribution is 5.93. The van der Waals surface area contributed by atoms with Gasteiger partial charge in [0.1, 0.15) is 0 Å². The van der Waals surface area contributed by atoms with Crippen LogP contribution in [0, 0.1) is 5.92 Å². The summed E-state index contributed by atoms with van der Waals surface area (Å²) >= 11 is 0. The largest absolute Gasteiger partial charge is 0.369 e. The molecule has 3 rings (SSSR count). The maximum Gasteiger partial charge on any atom is 0.220 e. The molecule has 0 radical (unpaired) electrons. The van der Waals surface area contributed by atoms with Gasteiger partial charge in [0.05, 0.1) is 0 Å². The molecular weight excluding hydrogens is 248 g/mol. The first-order valence-corrected chi connectivity index (χ1v) is 7.27. The highest BCUT2D eigenvalue weighted by atomic mass is 16.1. The summed E-state index contributed by atoms with van der Waals surface area (Å²) in [4.78, 5) is 11.2. The number of aryl methyl sites for hydroxylation is 1. The molecule has 2 aromatic rings. The Labute approximate surface area is 119 Å². The summed E-state index contributed by atoms with van der Waals surface area (Å²) in [6.45, 7) is 3.13. The van der Waals surface area contributed by atoms with Crippen LogP contribution in [-0.4, -0.2) is 10.5 Å². The zero-order valence-corrected chi connectivity index (χ0v) is 11.8. The number of carbonyl (C=O) groups excluding carboxylic acids is 1. The van der Waals surface area contributed by atoms with Gasteiger partial charge in [0.25, 0.3) is 0 Å². The summed E-state index contributed by atoms with van der Waals surface area (Å²) in [7, 11) is 0. The summed E-state index contributed by atoms with van der Waals surface area (Å²) in [5, 5.41) is 1.30. The molecule has 0 saturated carbocycles. The zero-order valence-electron chi connectivity index (χ0n) is 11.8. The molecule has 1 aliphatic carbocycles. The molecule has 3 nitrogen and oxygen atoms in total. The zero-order chi connectivity index (χ0) is 14.1. The van der Waals surface area contributed by atoms with Crippen molar-refractivity contribution in [3.8, 4) is 0 Å².